The molecule has 0 aliphatic carbocycles. The molecule has 3 rings (SSSR count). The maximum atomic E-state index is 12.1. The van der Waals surface area contributed by atoms with Crippen LogP contribution in [-0.2, 0) is 17.9 Å². The van der Waals surface area contributed by atoms with Crippen LogP contribution in [0, 0.1) is 0 Å². The van der Waals surface area contributed by atoms with Crippen LogP contribution in [0.1, 0.15) is 30.4 Å². The van der Waals surface area contributed by atoms with E-state index in [-0.39, 0.29) is 24.4 Å². The molecule has 0 radical (unpaired) electrons. The Morgan fingerprint density at radius 3 is 2.44 bits per heavy atom. The van der Waals surface area contributed by atoms with Crippen LogP contribution in [0.4, 0.5) is 0 Å². The average Bonchev–Trinajstić information content (AvgIpc) is 2.67. The van der Waals surface area contributed by atoms with Crippen molar-refractivity contribution < 1.29 is 9.53 Å². The highest BCUT2D eigenvalue weighted by atomic mass is 35.5. The Hall–Kier alpha value is -2.04. The maximum Gasteiger partial charge on any atom is 0.237 e. The number of piperidine rings is 1. The molecule has 1 atom stereocenters. The van der Waals surface area contributed by atoms with Gasteiger partial charge < -0.3 is 15.4 Å². The zero-order valence-electron chi connectivity index (χ0n) is 14.2. The first-order valence-electron chi connectivity index (χ1n) is 8.58. The molecule has 0 aromatic heterocycles. The summed E-state index contributed by atoms with van der Waals surface area (Å²) in [5.74, 6) is 0.972. The highest BCUT2D eigenvalue weighted by Gasteiger charge is 2.19. The van der Waals surface area contributed by atoms with Crippen molar-refractivity contribution in [3.63, 3.8) is 0 Å². The number of para-hydroxylation sites is 1. The number of rotatable bonds is 6. The van der Waals surface area contributed by atoms with Crippen molar-refractivity contribution in [3.05, 3.63) is 65.7 Å². The lowest BCUT2D eigenvalue weighted by Crippen LogP contribution is -2.46. The highest BCUT2D eigenvalue weighted by Crippen LogP contribution is 2.12. The zero-order valence-corrected chi connectivity index (χ0v) is 15.1. The lowest BCUT2D eigenvalue weighted by atomic mass is 10.0. The normalized spacial score (nSPS) is 16.6. The van der Waals surface area contributed by atoms with E-state index in [1.807, 2.05) is 54.6 Å². The lowest BCUT2D eigenvalue weighted by Gasteiger charge is -2.22. The van der Waals surface area contributed by atoms with Crippen LogP contribution in [0.25, 0.3) is 0 Å². The third kappa shape index (κ3) is 6.07. The van der Waals surface area contributed by atoms with Crippen LogP contribution in [0.15, 0.2) is 54.6 Å². The minimum atomic E-state index is -0.0303. The smallest absolute Gasteiger partial charge is 0.237 e. The molecule has 1 saturated heterocycles. The van der Waals surface area contributed by atoms with Gasteiger partial charge in [-0.15, -0.1) is 12.4 Å². The molecular formula is C20H25ClN2O2. The standard InChI is InChI=1S/C20H24N2O2.ClH/c23-20(19-8-4-5-13-21-19)22-14-16-9-11-17(12-10-16)15-24-18-6-2-1-3-7-18;/h1-3,6-7,9-12,19,21H,4-5,8,13-15H2,(H,22,23);1H. The average molecular weight is 361 g/mol. The predicted molar refractivity (Wildman–Crippen MR) is 102 cm³/mol. The number of benzene rings is 2. The fourth-order valence-corrected chi connectivity index (χ4v) is 2.82. The van der Waals surface area contributed by atoms with Crippen molar-refractivity contribution in [2.45, 2.75) is 38.5 Å². The molecule has 1 amide bonds. The number of hydrogen-bond donors (Lipinski definition) is 2. The van der Waals surface area contributed by atoms with E-state index >= 15 is 0 Å². The second-order valence-electron chi connectivity index (χ2n) is 6.14. The summed E-state index contributed by atoms with van der Waals surface area (Å²) in [6.07, 6.45) is 3.22. The van der Waals surface area contributed by atoms with Gasteiger partial charge in [0.05, 0.1) is 6.04 Å². The number of carbonyl (C=O) groups excluding carboxylic acids is 1. The molecule has 1 aliphatic rings. The van der Waals surface area contributed by atoms with Crippen LogP contribution < -0.4 is 15.4 Å². The number of carbonyl (C=O) groups is 1. The highest BCUT2D eigenvalue weighted by molar-refractivity contribution is 5.85. The summed E-state index contributed by atoms with van der Waals surface area (Å²) in [4.78, 5) is 12.1. The van der Waals surface area contributed by atoms with E-state index in [1.165, 1.54) is 0 Å². The fraction of sp³-hybridized carbons (Fsp3) is 0.350. The van der Waals surface area contributed by atoms with Gasteiger partial charge in [-0.3, -0.25) is 4.79 Å². The molecule has 2 aromatic rings. The lowest BCUT2D eigenvalue weighted by molar-refractivity contribution is -0.123. The van der Waals surface area contributed by atoms with E-state index in [0.29, 0.717) is 13.2 Å². The Morgan fingerprint density at radius 1 is 1.04 bits per heavy atom. The van der Waals surface area contributed by atoms with Gasteiger partial charge in [-0.1, -0.05) is 48.9 Å². The third-order valence-electron chi connectivity index (χ3n) is 4.27. The molecule has 134 valence electrons. The first-order valence-corrected chi connectivity index (χ1v) is 8.58. The Labute approximate surface area is 155 Å². The molecule has 1 unspecified atom stereocenters. The van der Waals surface area contributed by atoms with E-state index in [4.69, 9.17) is 4.74 Å². The Kier molecular flexibility index (Phi) is 7.76. The van der Waals surface area contributed by atoms with E-state index < -0.39 is 0 Å². The summed E-state index contributed by atoms with van der Waals surface area (Å²) in [5, 5.41) is 6.28. The molecule has 0 saturated carbocycles. The van der Waals surface area contributed by atoms with Crippen molar-refractivity contribution in [2.75, 3.05) is 6.54 Å². The first-order chi connectivity index (χ1) is 11.8. The minimum absolute atomic E-state index is 0. The molecule has 4 nitrogen and oxygen atoms in total. The molecule has 25 heavy (non-hydrogen) atoms. The summed E-state index contributed by atoms with van der Waals surface area (Å²) in [6, 6.07) is 17.9. The van der Waals surface area contributed by atoms with E-state index in [2.05, 4.69) is 10.6 Å². The van der Waals surface area contributed by atoms with Gasteiger partial charge in [-0.05, 0) is 42.6 Å². The quantitative estimate of drug-likeness (QED) is 0.829. The Balaban J connectivity index is 0.00000225. The molecule has 1 heterocycles. The SMILES string of the molecule is Cl.O=C(NCc1ccc(COc2ccccc2)cc1)C1CCCCN1. The van der Waals surface area contributed by atoms with Crippen LogP contribution in [0.5, 0.6) is 5.75 Å². The fourth-order valence-electron chi connectivity index (χ4n) is 2.82. The second kappa shape index (κ2) is 10.1. The van der Waals surface area contributed by atoms with E-state index in [9.17, 15) is 4.79 Å². The van der Waals surface area contributed by atoms with Crippen molar-refractivity contribution >= 4 is 18.3 Å². The number of hydrogen-bond acceptors (Lipinski definition) is 3. The summed E-state index contributed by atoms with van der Waals surface area (Å²) < 4.78 is 5.73. The van der Waals surface area contributed by atoms with Gasteiger partial charge in [-0.2, -0.15) is 0 Å². The number of nitrogens with one attached hydrogen (secondary N) is 2. The first kappa shape index (κ1) is 19.3. The molecule has 0 bridgehead atoms. The summed E-state index contributed by atoms with van der Waals surface area (Å²) in [5.41, 5.74) is 2.21. The predicted octanol–water partition coefficient (Wildman–Crippen LogP) is 3.45. The van der Waals surface area contributed by atoms with Crippen LogP contribution in [-0.4, -0.2) is 18.5 Å². The molecule has 1 aliphatic heterocycles. The van der Waals surface area contributed by atoms with Gasteiger partial charge >= 0.3 is 0 Å². The monoisotopic (exact) mass is 360 g/mol. The number of halogens is 1. The number of ether oxygens (including phenoxy) is 1. The molecular weight excluding hydrogens is 336 g/mol. The van der Waals surface area contributed by atoms with Gasteiger partial charge in [0.1, 0.15) is 12.4 Å². The van der Waals surface area contributed by atoms with Crippen molar-refractivity contribution in [1.29, 1.82) is 0 Å². The Morgan fingerprint density at radius 2 is 1.76 bits per heavy atom. The van der Waals surface area contributed by atoms with Crippen molar-refractivity contribution in [1.82, 2.24) is 10.6 Å². The molecule has 0 spiro atoms. The van der Waals surface area contributed by atoms with Gasteiger partial charge in [-0.25, -0.2) is 0 Å². The van der Waals surface area contributed by atoms with Crippen LogP contribution >= 0.6 is 12.4 Å². The van der Waals surface area contributed by atoms with Crippen LogP contribution in [0.2, 0.25) is 0 Å². The topological polar surface area (TPSA) is 50.4 Å². The van der Waals surface area contributed by atoms with Gasteiger partial charge in [0.25, 0.3) is 0 Å². The summed E-state index contributed by atoms with van der Waals surface area (Å²) in [6.45, 7) is 2.05. The van der Waals surface area contributed by atoms with Crippen molar-refractivity contribution in [3.8, 4) is 5.75 Å². The summed E-state index contributed by atoms with van der Waals surface area (Å²) in [7, 11) is 0. The third-order valence-corrected chi connectivity index (χ3v) is 4.27. The summed E-state index contributed by atoms with van der Waals surface area (Å²) >= 11 is 0. The maximum absolute atomic E-state index is 12.1. The van der Waals surface area contributed by atoms with Crippen molar-refractivity contribution in [2.24, 2.45) is 0 Å². The van der Waals surface area contributed by atoms with Gasteiger partial charge in [0.2, 0.25) is 5.91 Å². The van der Waals surface area contributed by atoms with Crippen LogP contribution in [0.3, 0.4) is 0 Å². The minimum Gasteiger partial charge on any atom is -0.489 e. The largest absolute Gasteiger partial charge is 0.489 e. The zero-order chi connectivity index (χ0) is 16.6. The van der Waals surface area contributed by atoms with Gasteiger partial charge in [0.15, 0.2) is 0 Å². The number of amides is 1. The second-order valence-corrected chi connectivity index (χ2v) is 6.14. The van der Waals surface area contributed by atoms with Gasteiger partial charge in [0, 0.05) is 6.54 Å². The molecule has 2 aromatic carbocycles. The van der Waals surface area contributed by atoms with E-state index in [1.54, 1.807) is 0 Å². The molecule has 2 N–H and O–H groups in total. The van der Waals surface area contributed by atoms with E-state index in [0.717, 1.165) is 42.7 Å². The molecule has 1 fully saturated rings. The Bertz CT molecular complexity index is 641. The molecule has 5 heteroatoms.